The summed E-state index contributed by atoms with van der Waals surface area (Å²) >= 11 is 5.77. The van der Waals surface area contributed by atoms with Crippen molar-refractivity contribution >= 4 is 23.5 Å². The number of nitrogens with two attached hydrogens (primary N) is 1. The summed E-state index contributed by atoms with van der Waals surface area (Å²) in [5, 5.41) is 3.23. The van der Waals surface area contributed by atoms with Gasteiger partial charge in [0.05, 0.1) is 6.04 Å². The van der Waals surface area contributed by atoms with E-state index in [1.54, 1.807) is 0 Å². The van der Waals surface area contributed by atoms with Gasteiger partial charge in [-0.1, -0.05) is 24.6 Å². The lowest BCUT2D eigenvalue weighted by atomic mass is 10.1. The molecule has 1 heterocycles. The van der Waals surface area contributed by atoms with Crippen LogP contribution in [0.25, 0.3) is 0 Å². The topological polar surface area (TPSA) is 86.0 Å². The molecule has 2 rings (SSSR count). The van der Waals surface area contributed by atoms with Crippen molar-refractivity contribution in [1.82, 2.24) is 15.0 Å². The molecular formula is C15H20ClN5O. The van der Waals surface area contributed by atoms with Crippen LogP contribution >= 0.6 is 11.6 Å². The Kier molecular flexibility index (Phi) is 5.38. The molecule has 0 fully saturated rings. The predicted molar refractivity (Wildman–Crippen MR) is 88.4 cm³/mol. The molecule has 0 saturated heterocycles. The van der Waals surface area contributed by atoms with Gasteiger partial charge < -0.3 is 15.8 Å². The molecule has 0 aliphatic rings. The van der Waals surface area contributed by atoms with Gasteiger partial charge in [-0.25, -0.2) is 0 Å². The third-order valence-electron chi connectivity index (χ3n) is 3.22. The van der Waals surface area contributed by atoms with Crippen molar-refractivity contribution < 1.29 is 4.74 Å². The number of aryl methyl sites for hydroxylation is 2. The number of nitrogens with zero attached hydrogens (tertiary/aromatic N) is 3. The molecule has 0 bridgehead atoms. The average molecular weight is 322 g/mol. The normalized spacial score (nSPS) is 12.0. The summed E-state index contributed by atoms with van der Waals surface area (Å²) in [4.78, 5) is 11.7. The summed E-state index contributed by atoms with van der Waals surface area (Å²) in [6.07, 6.45) is 0.841. The first-order valence-corrected chi connectivity index (χ1v) is 7.49. The van der Waals surface area contributed by atoms with Gasteiger partial charge in [-0.3, -0.25) is 0 Å². The first-order chi connectivity index (χ1) is 10.5. The van der Waals surface area contributed by atoms with Crippen molar-refractivity contribution in [2.24, 2.45) is 0 Å². The van der Waals surface area contributed by atoms with E-state index in [-0.39, 0.29) is 17.3 Å². The zero-order valence-corrected chi connectivity index (χ0v) is 13.7. The van der Waals surface area contributed by atoms with Gasteiger partial charge in [-0.2, -0.15) is 15.0 Å². The highest BCUT2D eigenvalue weighted by molar-refractivity contribution is 6.28. The van der Waals surface area contributed by atoms with Gasteiger partial charge in [0.1, 0.15) is 12.4 Å². The van der Waals surface area contributed by atoms with Gasteiger partial charge >= 0.3 is 0 Å². The molecule has 1 aromatic heterocycles. The van der Waals surface area contributed by atoms with Gasteiger partial charge in [0.2, 0.25) is 17.2 Å². The molecule has 118 valence electrons. The van der Waals surface area contributed by atoms with E-state index in [4.69, 9.17) is 22.1 Å². The Morgan fingerprint density at radius 2 is 2.05 bits per heavy atom. The maximum absolute atomic E-state index is 5.88. The minimum atomic E-state index is 0.0403. The van der Waals surface area contributed by atoms with Crippen molar-refractivity contribution in [2.45, 2.75) is 33.2 Å². The summed E-state index contributed by atoms with van der Waals surface area (Å²) in [5.74, 6) is 1.32. The highest BCUT2D eigenvalue weighted by Gasteiger charge is 2.11. The molecule has 2 aromatic rings. The fraction of sp³-hybridized carbons (Fsp3) is 0.400. The number of rotatable bonds is 6. The van der Waals surface area contributed by atoms with Crippen LogP contribution in [0.15, 0.2) is 18.2 Å². The number of nitrogens with one attached hydrogen (secondary N) is 1. The van der Waals surface area contributed by atoms with Gasteiger partial charge in [0.15, 0.2) is 0 Å². The van der Waals surface area contributed by atoms with Crippen LogP contribution in [0.5, 0.6) is 5.75 Å². The third-order valence-corrected chi connectivity index (χ3v) is 3.39. The fourth-order valence-corrected chi connectivity index (χ4v) is 2.19. The lowest BCUT2D eigenvalue weighted by molar-refractivity contribution is 0.292. The number of ether oxygens (including phenoxy) is 1. The molecule has 1 atom stereocenters. The van der Waals surface area contributed by atoms with Crippen molar-refractivity contribution in [1.29, 1.82) is 0 Å². The largest absolute Gasteiger partial charge is 0.491 e. The van der Waals surface area contributed by atoms with Crippen molar-refractivity contribution in [3.8, 4) is 5.75 Å². The molecule has 0 saturated carbocycles. The van der Waals surface area contributed by atoms with Gasteiger partial charge in [0, 0.05) is 0 Å². The zero-order valence-electron chi connectivity index (χ0n) is 12.9. The molecule has 0 aliphatic heterocycles. The maximum atomic E-state index is 5.88. The van der Waals surface area contributed by atoms with Gasteiger partial charge in [0.25, 0.3) is 0 Å². The van der Waals surface area contributed by atoms with Crippen LogP contribution in [0.3, 0.4) is 0 Å². The van der Waals surface area contributed by atoms with Crippen molar-refractivity contribution in [2.75, 3.05) is 17.7 Å². The van der Waals surface area contributed by atoms with E-state index < -0.39 is 0 Å². The molecule has 1 unspecified atom stereocenters. The fourth-order valence-electron chi connectivity index (χ4n) is 2.03. The van der Waals surface area contributed by atoms with Crippen LogP contribution in [-0.4, -0.2) is 27.6 Å². The number of aromatic nitrogens is 3. The summed E-state index contributed by atoms with van der Waals surface area (Å²) in [5.41, 5.74) is 7.88. The van der Waals surface area contributed by atoms with E-state index >= 15 is 0 Å². The van der Waals surface area contributed by atoms with Crippen LogP contribution in [-0.2, 0) is 0 Å². The molecule has 22 heavy (non-hydrogen) atoms. The van der Waals surface area contributed by atoms with Gasteiger partial charge in [-0.05, 0) is 43.5 Å². The van der Waals surface area contributed by atoms with Crippen LogP contribution in [0.2, 0.25) is 5.28 Å². The standard InChI is InChI=1S/C15H20ClN5O/c1-4-11(18-15-20-13(16)19-14(17)21-15)8-22-12-6-5-9(2)7-10(12)3/h5-7,11H,4,8H2,1-3H3,(H3,17,18,19,20,21). The molecular weight excluding hydrogens is 302 g/mol. The van der Waals surface area contributed by atoms with E-state index in [1.165, 1.54) is 5.56 Å². The number of anilines is 2. The van der Waals surface area contributed by atoms with Crippen molar-refractivity contribution in [3.05, 3.63) is 34.6 Å². The van der Waals surface area contributed by atoms with Crippen LogP contribution in [0.1, 0.15) is 24.5 Å². The van der Waals surface area contributed by atoms with Crippen LogP contribution < -0.4 is 15.8 Å². The number of hydrogen-bond acceptors (Lipinski definition) is 6. The first kappa shape index (κ1) is 16.3. The third kappa shape index (κ3) is 4.46. The number of benzene rings is 1. The quantitative estimate of drug-likeness (QED) is 0.850. The van der Waals surface area contributed by atoms with Crippen molar-refractivity contribution in [3.63, 3.8) is 0 Å². The molecule has 7 heteroatoms. The van der Waals surface area contributed by atoms with Gasteiger partial charge in [-0.15, -0.1) is 0 Å². The summed E-state index contributed by atoms with van der Waals surface area (Å²) < 4.78 is 5.88. The van der Waals surface area contributed by atoms with E-state index in [2.05, 4.69) is 40.2 Å². The highest BCUT2D eigenvalue weighted by Crippen LogP contribution is 2.19. The molecule has 3 N–H and O–H groups in total. The molecule has 0 aliphatic carbocycles. The smallest absolute Gasteiger partial charge is 0.229 e. The first-order valence-electron chi connectivity index (χ1n) is 7.11. The Bertz CT molecular complexity index is 630. The lowest BCUT2D eigenvalue weighted by Gasteiger charge is -2.18. The van der Waals surface area contributed by atoms with E-state index in [0.29, 0.717) is 12.6 Å². The number of nitrogen functional groups attached to an aromatic ring is 1. The SMILES string of the molecule is CCC(COc1ccc(C)cc1C)Nc1nc(N)nc(Cl)n1. The summed E-state index contributed by atoms with van der Waals surface area (Å²) in [6, 6.07) is 6.15. The molecule has 1 aromatic carbocycles. The second-order valence-corrected chi connectivity index (χ2v) is 5.45. The Balaban J connectivity index is 2.00. The second kappa shape index (κ2) is 7.26. The van der Waals surface area contributed by atoms with Crippen LogP contribution in [0.4, 0.5) is 11.9 Å². The monoisotopic (exact) mass is 321 g/mol. The predicted octanol–water partition coefficient (Wildman–Crippen LogP) is 2.99. The zero-order chi connectivity index (χ0) is 16.1. The molecule has 0 amide bonds. The Morgan fingerprint density at radius 3 is 2.68 bits per heavy atom. The van der Waals surface area contributed by atoms with E-state index in [9.17, 15) is 0 Å². The molecule has 0 spiro atoms. The van der Waals surface area contributed by atoms with Crippen LogP contribution in [0, 0.1) is 13.8 Å². The Hall–Kier alpha value is -2.08. The Morgan fingerprint density at radius 1 is 1.27 bits per heavy atom. The number of hydrogen-bond donors (Lipinski definition) is 2. The summed E-state index contributed by atoms with van der Waals surface area (Å²) in [6.45, 7) is 6.63. The maximum Gasteiger partial charge on any atom is 0.229 e. The molecule has 6 nitrogen and oxygen atoms in total. The Labute approximate surface area is 135 Å². The summed E-state index contributed by atoms with van der Waals surface area (Å²) in [7, 11) is 0. The molecule has 0 radical (unpaired) electrons. The lowest BCUT2D eigenvalue weighted by Crippen LogP contribution is -2.27. The second-order valence-electron chi connectivity index (χ2n) is 5.12. The minimum absolute atomic E-state index is 0.0403. The van der Waals surface area contributed by atoms with E-state index in [1.807, 2.05) is 19.1 Å². The van der Waals surface area contributed by atoms with E-state index in [0.717, 1.165) is 17.7 Å². The highest BCUT2D eigenvalue weighted by atomic mass is 35.5. The number of halogens is 1. The average Bonchev–Trinajstić information content (AvgIpc) is 2.43. The minimum Gasteiger partial charge on any atom is -0.491 e.